The van der Waals surface area contributed by atoms with E-state index in [1.165, 1.54) is 11.8 Å². The molecule has 2 saturated heterocycles. The summed E-state index contributed by atoms with van der Waals surface area (Å²) in [5, 5.41) is 28.5. The number of benzene rings is 2. The first kappa shape index (κ1) is 48.0. The van der Waals surface area contributed by atoms with Gasteiger partial charge in [0.25, 0.3) is 0 Å². The largest absolute Gasteiger partial charge is 0.370 e. The molecule has 1 saturated carbocycles. The molecule has 18 heteroatoms. The van der Waals surface area contributed by atoms with Gasteiger partial charge in [0.2, 0.25) is 41.4 Å². The van der Waals surface area contributed by atoms with Crippen LogP contribution in [0.25, 0.3) is 10.9 Å². The molecule has 0 unspecified atom stereocenters. The maximum atomic E-state index is 14.6. The lowest BCUT2D eigenvalue weighted by Gasteiger charge is -2.32. The van der Waals surface area contributed by atoms with E-state index in [1.807, 2.05) is 54.6 Å². The Balaban J connectivity index is 1.31. The van der Waals surface area contributed by atoms with E-state index in [9.17, 15) is 33.6 Å². The Bertz CT molecular complexity index is 2160. The third-order valence-electron chi connectivity index (χ3n) is 12.7. The summed E-state index contributed by atoms with van der Waals surface area (Å²) < 4.78 is 0. The molecule has 1 aromatic heterocycles. The minimum absolute atomic E-state index is 0.0674. The average Bonchev–Trinajstić information content (AvgIpc) is 3.95. The molecule has 3 fully saturated rings. The van der Waals surface area contributed by atoms with E-state index >= 15 is 0 Å². The molecule has 65 heavy (non-hydrogen) atoms. The Morgan fingerprint density at radius 3 is 2.28 bits per heavy atom. The van der Waals surface area contributed by atoms with Crippen molar-refractivity contribution >= 4 is 58.2 Å². The van der Waals surface area contributed by atoms with Gasteiger partial charge in [0.15, 0.2) is 5.96 Å². The highest BCUT2D eigenvalue weighted by Gasteiger charge is 2.40. The molecule has 0 bridgehead atoms. The third-order valence-corrected chi connectivity index (χ3v) is 12.7. The Kier molecular flexibility index (Phi) is 17.3. The summed E-state index contributed by atoms with van der Waals surface area (Å²) in [5.74, 6) is -3.73. The van der Waals surface area contributed by atoms with E-state index in [2.05, 4.69) is 42.2 Å². The van der Waals surface area contributed by atoms with E-state index in [4.69, 9.17) is 11.1 Å². The Labute approximate surface area is 379 Å². The highest BCUT2D eigenvalue weighted by Crippen LogP contribution is 2.28. The number of fused-ring (bicyclic) bond motifs is 2. The Hall–Kier alpha value is -6.46. The zero-order valence-corrected chi connectivity index (χ0v) is 37.2. The van der Waals surface area contributed by atoms with Crippen molar-refractivity contribution in [1.82, 2.24) is 47.1 Å². The van der Waals surface area contributed by atoms with Gasteiger partial charge in [-0.05, 0) is 68.1 Å². The molecule has 2 aliphatic heterocycles. The summed E-state index contributed by atoms with van der Waals surface area (Å²) >= 11 is 0. The molecule has 6 rings (SSSR count). The monoisotopic (exact) mass is 896 g/mol. The van der Waals surface area contributed by atoms with E-state index in [0.717, 1.165) is 54.1 Å². The lowest BCUT2D eigenvalue weighted by atomic mass is 9.84. The predicted molar refractivity (Wildman–Crippen MR) is 245 cm³/mol. The molecule has 3 heterocycles. The van der Waals surface area contributed by atoms with Crippen LogP contribution in [0.2, 0.25) is 0 Å². The van der Waals surface area contributed by atoms with Crippen molar-refractivity contribution in [2.75, 3.05) is 19.6 Å². The van der Waals surface area contributed by atoms with Gasteiger partial charge < -0.3 is 52.8 Å². The molecule has 350 valence electrons. The number of aromatic nitrogens is 1. The van der Waals surface area contributed by atoms with E-state index in [-0.39, 0.29) is 63.6 Å². The maximum absolute atomic E-state index is 14.6. The fourth-order valence-electron chi connectivity index (χ4n) is 9.31. The summed E-state index contributed by atoms with van der Waals surface area (Å²) in [6, 6.07) is 10.5. The fourth-order valence-corrected chi connectivity index (χ4v) is 9.31. The minimum Gasteiger partial charge on any atom is -0.370 e. The molecule has 7 amide bonds. The quantitative estimate of drug-likeness (QED) is 0.0676. The summed E-state index contributed by atoms with van der Waals surface area (Å²) in [6.07, 6.45) is 8.88. The highest BCUT2D eigenvalue weighted by atomic mass is 16.2. The molecular weight excluding hydrogens is 831 g/mol. The number of H-pyrrole nitrogens is 1. The molecule has 11 N–H and O–H groups in total. The molecule has 2 aromatic carbocycles. The van der Waals surface area contributed by atoms with Gasteiger partial charge in [-0.2, -0.15) is 0 Å². The van der Waals surface area contributed by atoms with Gasteiger partial charge in [-0.3, -0.25) is 39.0 Å². The molecule has 3 aliphatic rings. The van der Waals surface area contributed by atoms with E-state index in [0.29, 0.717) is 25.7 Å². The number of hydrogen-bond acceptors (Lipinski definition) is 8. The number of nitrogens with zero attached hydrogens (tertiary/aromatic N) is 1. The van der Waals surface area contributed by atoms with Crippen LogP contribution in [0.4, 0.5) is 0 Å². The highest BCUT2D eigenvalue weighted by molar-refractivity contribution is 5.98. The van der Waals surface area contributed by atoms with E-state index < -0.39 is 77.6 Å². The van der Waals surface area contributed by atoms with Crippen molar-refractivity contribution in [3.8, 4) is 0 Å². The number of carbonyl (C=O) groups is 7. The first-order valence-electron chi connectivity index (χ1n) is 23.1. The second-order valence-electron chi connectivity index (χ2n) is 17.6. The molecule has 1 aliphatic carbocycles. The lowest BCUT2D eigenvalue weighted by Crippen LogP contribution is -2.60. The standard InChI is InChI=1S/C47H65N11O7/c1-29(59)53-37(25-30-13-4-2-5-14-30)42(61)55-36-20-11-22-50-41(60)35(19-10-23-51-47(48)49)54-44(63)39(27-32-28-52-34-18-9-8-17-33(32)34)56-43(62)38(26-31-15-6-3-7-16-31)57-45(64)40-21-12-24-58(40)46(36)65/h2,4-5,8-9,13-14,17-18,28,31,35-40,52H,3,6-7,10-12,15-16,19-27H2,1H3,(H,50,60)(H,53,59)(H,54,63)(H,55,61)(H,56,62)(H,57,64)(H4,48,49,51)/t35-,36-,37-,38-,39-,40-/m0/s1. The third kappa shape index (κ3) is 13.8. The number of nitrogens with two attached hydrogens (primary N) is 1. The summed E-state index contributed by atoms with van der Waals surface area (Å²) in [4.78, 5) is 103. The zero-order valence-electron chi connectivity index (χ0n) is 37.2. The number of rotatable bonds is 13. The van der Waals surface area contributed by atoms with Gasteiger partial charge in [0.05, 0.1) is 0 Å². The zero-order chi connectivity index (χ0) is 46.3. The van der Waals surface area contributed by atoms with Crippen LogP contribution in [0.1, 0.15) is 95.1 Å². The average molecular weight is 896 g/mol. The number of carbonyl (C=O) groups excluding carboxylic acids is 7. The molecule has 0 radical (unpaired) electrons. The fraction of sp³-hybridized carbons (Fsp3) is 0.532. The number of aromatic amines is 1. The van der Waals surface area contributed by atoms with Gasteiger partial charge in [-0.1, -0.05) is 80.6 Å². The first-order valence-corrected chi connectivity index (χ1v) is 23.1. The van der Waals surface area contributed by atoms with Crippen LogP contribution in [0.3, 0.4) is 0 Å². The molecule has 0 spiro atoms. The number of nitrogens with one attached hydrogen (secondary N) is 9. The second-order valence-corrected chi connectivity index (χ2v) is 17.6. The van der Waals surface area contributed by atoms with Crippen molar-refractivity contribution in [3.05, 3.63) is 71.9 Å². The van der Waals surface area contributed by atoms with Crippen LogP contribution in [-0.2, 0) is 46.4 Å². The molecule has 3 aromatic rings. The van der Waals surface area contributed by atoms with E-state index in [1.54, 1.807) is 6.20 Å². The van der Waals surface area contributed by atoms with Gasteiger partial charge >= 0.3 is 0 Å². The van der Waals surface area contributed by atoms with Crippen molar-refractivity contribution in [2.45, 2.75) is 133 Å². The van der Waals surface area contributed by atoms with Crippen molar-refractivity contribution < 1.29 is 33.6 Å². The number of amides is 7. The van der Waals surface area contributed by atoms with Crippen LogP contribution in [0, 0.1) is 11.3 Å². The predicted octanol–water partition coefficient (Wildman–Crippen LogP) is 1.53. The van der Waals surface area contributed by atoms with Crippen LogP contribution >= 0.6 is 0 Å². The van der Waals surface area contributed by atoms with Gasteiger partial charge in [0, 0.05) is 56.5 Å². The van der Waals surface area contributed by atoms with Gasteiger partial charge in [0.1, 0.15) is 36.3 Å². The maximum Gasteiger partial charge on any atom is 0.245 e. The van der Waals surface area contributed by atoms with Crippen LogP contribution in [0.5, 0.6) is 0 Å². The number of para-hydroxylation sites is 1. The van der Waals surface area contributed by atoms with Gasteiger partial charge in [-0.25, -0.2) is 0 Å². The van der Waals surface area contributed by atoms with Crippen LogP contribution < -0.4 is 43.0 Å². The second kappa shape index (κ2) is 23.5. The summed E-state index contributed by atoms with van der Waals surface area (Å²) in [5.41, 5.74) is 7.92. The van der Waals surface area contributed by atoms with Crippen molar-refractivity contribution in [2.24, 2.45) is 11.7 Å². The lowest BCUT2D eigenvalue weighted by molar-refractivity contribution is -0.142. The topological polar surface area (TPSA) is 273 Å². The van der Waals surface area contributed by atoms with Crippen LogP contribution in [0.15, 0.2) is 60.8 Å². The molecule has 18 nitrogen and oxygen atoms in total. The van der Waals surface area contributed by atoms with Crippen LogP contribution in [-0.4, -0.2) is 113 Å². The molecular formula is C47H65N11O7. The van der Waals surface area contributed by atoms with Crippen molar-refractivity contribution in [3.63, 3.8) is 0 Å². The SMILES string of the molecule is CC(=O)N[C@@H](Cc1ccccc1)C(=O)N[C@H]1CCCNC(=O)[C@H](CCCNC(=N)N)NC(=O)[C@H](Cc2c[nH]c3ccccc23)NC(=O)[C@H](CC2CCCCC2)NC(=O)[C@@H]2CCCN2C1=O. The smallest absolute Gasteiger partial charge is 0.245 e. The van der Waals surface area contributed by atoms with Gasteiger partial charge in [-0.15, -0.1) is 0 Å². The number of guanidine groups is 1. The normalized spacial score (nSPS) is 23.4. The summed E-state index contributed by atoms with van der Waals surface area (Å²) in [6.45, 7) is 1.88. The van der Waals surface area contributed by atoms with Crippen molar-refractivity contribution in [1.29, 1.82) is 5.41 Å². The molecule has 6 atom stereocenters. The Morgan fingerprint density at radius 2 is 1.52 bits per heavy atom. The first-order chi connectivity index (χ1) is 31.4. The summed E-state index contributed by atoms with van der Waals surface area (Å²) in [7, 11) is 0. The number of hydrogen-bond donors (Lipinski definition) is 10. The Morgan fingerprint density at radius 1 is 0.815 bits per heavy atom. The minimum atomic E-state index is -1.14.